The number of aromatic nitrogens is 2. The molecule has 0 atom stereocenters. The second kappa shape index (κ2) is 6.22. The molecule has 0 radical (unpaired) electrons. The number of hydrogen-bond acceptors (Lipinski definition) is 4. The summed E-state index contributed by atoms with van der Waals surface area (Å²) in [4.78, 5) is 30.8. The number of nitrogens with one attached hydrogen (secondary N) is 2. The number of aromatic amines is 1. The van der Waals surface area contributed by atoms with Crippen LogP contribution in [0.2, 0.25) is 10.0 Å². The highest BCUT2D eigenvalue weighted by Gasteiger charge is 2.24. The molecular formula is C17H9Cl2N3O2S. The minimum absolute atomic E-state index is 0.356. The number of halogens is 2. The van der Waals surface area contributed by atoms with Crippen molar-refractivity contribution in [2.75, 3.05) is 0 Å². The number of amides is 2. The molecule has 0 spiro atoms. The van der Waals surface area contributed by atoms with Crippen molar-refractivity contribution in [2.24, 2.45) is 0 Å². The molecule has 0 unspecified atom stereocenters. The van der Waals surface area contributed by atoms with Gasteiger partial charge < -0.3 is 4.98 Å². The minimum atomic E-state index is -0.372. The van der Waals surface area contributed by atoms with E-state index in [4.69, 9.17) is 23.2 Å². The van der Waals surface area contributed by atoms with Gasteiger partial charge in [0.2, 0.25) is 0 Å². The molecule has 2 heterocycles. The Morgan fingerprint density at radius 1 is 1.08 bits per heavy atom. The molecule has 2 N–H and O–H groups in total. The number of benzene rings is 2. The lowest BCUT2D eigenvalue weighted by atomic mass is 10.1. The van der Waals surface area contributed by atoms with Crippen LogP contribution < -0.4 is 5.32 Å². The van der Waals surface area contributed by atoms with Crippen molar-refractivity contribution in [2.45, 2.75) is 0 Å². The van der Waals surface area contributed by atoms with Crippen LogP contribution in [0.1, 0.15) is 5.56 Å². The maximum absolute atomic E-state index is 11.6. The molecule has 2 amide bonds. The van der Waals surface area contributed by atoms with Gasteiger partial charge in [-0.2, -0.15) is 0 Å². The van der Waals surface area contributed by atoms with E-state index in [2.05, 4.69) is 15.3 Å². The Morgan fingerprint density at radius 2 is 1.84 bits per heavy atom. The first-order valence-corrected chi connectivity index (χ1v) is 8.77. The van der Waals surface area contributed by atoms with Gasteiger partial charge >= 0.3 is 0 Å². The molecule has 1 aliphatic heterocycles. The lowest BCUT2D eigenvalue weighted by molar-refractivity contribution is -0.115. The smallest absolute Gasteiger partial charge is 0.290 e. The molecule has 1 aliphatic rings. The average molecular weight is 390 g/mol. The van der Waals surface area contributed by atoms with Crippen LogP contribution in [-0.4, -0.2) is 21.1 Å². The molecule has 124 valence electrons. The lowest BCUT2D eigenvalue weighted by Crippen LogP contribution is -2.17. The Labute approximate surface area is 156 Å². The zero-order valence-corrected chi connectivity index (χ0v) is 14.8. The lowest BCUT2D eigenvalue weighted by Gasteiger charge is -1.99. The topological polar surface area (TPSA) is 74.8 Å². The molecule has 3 aromatic rings. The van der Waals surface area contributed by atoms with Gasteiger partial charge in [-0.3, -0.25) is 14.9 Å². The van der Waals surface area contributed by atoms with Crippen molar-refractivity contribution in [3.63, 3.8) is 0 Å². The Hall–Kier alpha value is -2.28. The van der Waals surface area contributed by atoms with Crippen molar-refractivity contribution in [3.05, 3.63) is 56.9 Å². The molecule has 0 bridgehead atoms. The molecule has 1 fully saturated rings. The van der Waals surface area contributed by atoms with Gasteiger partial charge in [0.15, 0.2) is 0 Å². The highest BCUT2D eigenvalue weighted by molar-refractivity contribution is 8.18. The number of nitrogens with zero attached hydrogens (tertiary/aromatic N) is 1. The fourth-order valence-electron chi connectivity index (χ4n) is 2.49. The number of imidazole rings is 1. The molecule has 25 heavy (non-hydrogen) atoms. The normalized spacial score (nSPS) is 16.0. The van der Waals surface area contributed by atoms with Gasteiger partial charge in [-0.25, -0.2) is 4.98 Å². The van der Waals surface area contributed by atoms with Gasteiger partial charge in [0, 0.05) is 10.6 Å². The third-order valence-electron chi connectivity index (χ3n) is 3.63. The summed E-state index contributed by atoms with van der Waals surface area (Å²) in [5.41, 5.74) is 3.10. The predicted molar refractivity (Wildman–Crippen MR) is 101 cm³/mol. The fourth-order valence-corrected chi connectivity index (χ4v) is 3.71. The molecule has 8 heteroatoms. The third-order valence-corrected chi connectivity index (χ3v) is 4.95. The van der Waals surface area contributed by atoms with Gasteiger partial charge in [0.25, 0.3) is 11.1 Å². The maximum Gasteiger partial charge on any atom is 0.290 e. The second-order valence-electron chi connectivity index (χ2n) is 5.34. The van der Waals surface area contributed by atoms with E-state index in [0.29, 0.717) is 26.3 Å². The van der Waals surface area contributed by atoms with Crippen LogP contribution in [0.3, 0.4) is 0 Å². The van der Waals surface area contributed by atoms with Crippen molar-refractivity contribution in [3.8, 4) is 11.4 Å². The summed E-state index contributed by atoms with van der Waals surface area (Å²) in [6.45, 7) is 0. The zero-order chi connectivity index (χ0) is 17.6. The van der Waals surface area contributed by atoms with Crippen LogP contribution in [-0.2, 0) is 4.79 Å². The molecule has 5 nitrogen and oxygen atoms in total. The Bertz CT molecular complexity index is 1060. The van der Waals surface area contributed by atoms with E-state index in [1.165, 1.54) is 0 Å². The van der Waals surface area contributed by atoms with Gasteiger partial charge in [0.05, 0.1) is 15.4 Å². The van der Waals surface area contributed by atoms with Crippen molar-refractivity contribution in [1.82, 2.24) is 15.3 Å². The number of thioether (sulfide) groups is 1. The Morgan fingerprint density at radius 3 is 2.52 bits per heavy atom. The molecule has 0 saturated carbocycles. The van der Waals surface area contributed by atoms with E-state index in [-0.39, 0.29) is 11.1 Å². The van der Waals surface area contributed by atoms with E-state index in [0.717, 1.165) is 28.4 Å². The molecule has 1 saturated heterocycles. The summed E-state index contributed by atoms with van der Waals surface area (Å²) in [5, 5.41) is 2.90. The van der Waals surface area contributed by atoms with E-state index in [1.54, 1.807) is 18.2 Å². The third kappa shape index (κ3) is 3.16. The number of carbonyl (C=O) groups is 2. The summed E-state index contributed by atoms with van der Waals surface area (Å²) in [6.07, 6.45) is 1.67. The molecule has 4 rings (SSSR count). The van der Waals surface area contributed by atoms with Crippen molar-refractivity contribution < 1.29 is 9.59 Å². The summed E-state index contributed by atoms with van der Waals surface area (Å²) in [6, 6.07) is 10.9. The number of H-pyrrole nitrogens is 1. The van der Waals surface area contributed by atoms with E-state index < -0.39 is 0 Å². The van der Waals surface area contributed by atoms with Gasteiger partial charge in [0.1, 0.15) is 11.3 Å². The number of hydrogen-bond donors (Lipinski definition) is 2. The zero-order valence-electron chi connectivity index (χ0n) is 12.5. The largest absolute Gasteiger partial charge is 0.338 e. The minimum Gasteiger partial charge on any atom is -0.338 e. The Kier molecular flexibility index (Phi) is 4.03. The van der Waals surface area contributed by atoms with Crippen LogP contribution in [0, 0.1) is 0 Å². The quantitative estimate of drug-likeness (QED) is 0.613. The number of fused-ring (bicyclic) bond motifs is 1. The fraction of sp³-hybridized carbons (Fsp3) is 0. The van der Waals surface area contributed by atoms with Crippen LogP contribution in [0.15, 0.2) is 41.3 Å². The highest BCUT2D eigenvalue weighted by Crippen LogP contribution is 2.30. The first-order chi connectivity index (χ1) is 12.0. The van der Waals surface area contributed by atoms with Gasteiger partial charge in [-0.05, 0) is 35.5 Å². The van der Waals surface area contributed by atoms with Crippen LogP contribution in [0.5, 0.6) is 0 Å². The summed E-state index contributed by atoms with van der Waals surface area (Å²) >= 11 is 13.1. The van der Waals surface area contributed by atoms with Crippen molar-refractivity contribution in [1.29, 1.82) is 0 Å². The first-order valence-electron chi connectivity index (χ1n) is 7.20. The molecule has 2 aromatic carbocycles. The number of rotatable bonds is 2. The average Bonchev–Trinajstić information content (AvgIpc) is 3.11. The number of imide groups is 1. The van der Waals surface area contributed by atoms with E-state index in [9.17, 15) is 9.59 Å². The van der Waals surface area contributed by atoms with Crippen molar-refractivity contribution >= 4 is 63.2 Å². The standard InChI is InChI=1S/C17H9Cl2N3O2S/c18-10-6-11(19)14-12(7-10)20-15(21-14)9-3-1-8(2-4-9)5-13-16(23)22-17(24)25-13/h1-7H,(H,20,21)(H,22,23,24)/b13-5+. The van der Waals surface area contributed by atoms with E-state index >= 15 is 0 Å². The molecule has 1 aromatic heterocycles. The highest BCUT2D eigenvalue weighted by atomic mass is 35.5. The van der Waals surface area contributed by atoms with E-state index in [1.807, 2.05) is 24.3 Å². The summed E-state index contributed by atoms with van der Waals surface area (Å²) in [7, 11) is 0. The predicted octanol–water partition coefficient (Wildman–Crippen LogP) is 4.86. The van der Waals surface area contributed by atoms with Crippen LogP contribution >= 0.6 is 35.0 Å². The molecule has 0 aliphatic carbocycles. The van der Waals surface area contributed by atoms with Crippen LogP contribution in [0.4, 0.5) is 4.79 Å². The SMILES string of the molecule is O=C1NC(=O)/C(=C\c2ccc(-c3nc4c(Cl)cc(Cl)cc4[nH]3)cc2)S1. The molecular weight excluding hydrogens is 381 g/mol. The second-order valence-corrected chi connectivity index (χ2v) is 7.20. The van der Waals surface area contributed by atoms with Crippen LogP contribution in [0.25, 0.3) is 28.5 Å². The van der Waals surface area contributed by atoms with Gasteiger partial charge in [-0.15, -0.1) is 0 Å². The monoisotopic (exact) mass is 389 g/mol. The maximum atomic E-state index is 11.6. The summed E-state index contributed by atoms with van der Waals surface area (Å²) < 4.78 is 0. The Balaban J connectivity index is 1.66. The van der Waals surface area contributed by atoms with Gasteiger partial charge in [-0.1, -0.05) is 47.5 Å². The first kappa shape index (κ1) is 16.2. The summed E-state index contributed by atoms with van der Waals surface area (Å²) in [5.74, 6) is 0.296. The number of carbonyl (C=O) groups excluding carboxylic acids is 2.